The van der Waals surface area contributed by atoms with Gasteiger partial charge in [-0.15, -0.1) is 0 Å². The quantitative estimate of drug-likeness (QED) is 0.298. The van der Waals surface area contributed by atoms with Gasteiger partial charge in [-0.25, -0.2) is 13.4 Å². The molecule has 2 N–H and O–H groups in total. The molecule has 2 aromatic carbocycles. The first-order chi connectivity index (χ1) is 15.9. The lowest BCUT2D eigenvalue weighted by Crippen LogP contribution is -2.16. The number of nitrogens with one attached hydrogen (secondary N) is 2. The number of rotatable bonds is 8. The summed E-state index contributed by atoms with van der Waals surface area (Å²) in [4.78, 5) is 4.72. The number of hydrogen-bond donors (Lipinski definition) is 2. The second kappa shape index (κ2) is 9.29. The van der Waals surface area contributed by atoms with Crippen LogP contribution in [0.25, 0.3) is 5.65 Å². The van der Waals surface area contributed by atoms with Gasteiger partial charge >= 0.3 is 0 Å². The predicted octanol–water partition coefficient (Wildman–Crippen LogP) is 4.11. The number of benzene rings is 2. The summed E-state index contributed by atoms with van der Waals surface area (Å²) in [7, 11) is -1.88. The SMILES string of the molecule is COc1cccc(C=NNc2cc(Nc3ccccc3S(=O)(=O)C(C)C)n3nccc3n2)c1. The Morgan fingerprint density at radius 3 is 2.70 bits per heavy atom. The van der Waals surface area contributed by atoms with Crippen molar-refractivity contribution in [3.8, 4) is 5.75 Å². The van der Waals surface area contributed by atoms with Gasteiger partial charge in [-0.3, -0.25) is 5.43 Å². The predicted molar refractivity (Wildman–Crippen MR) is 129 cm³/mol. The maximum atomic E-state index is 12.8. The molecule has 2 heterocycles. The van der Waals surface area contributed by atoms with Crippen molar-refractivity contribution < 1.29 is 13.2 Å². The van der Waals surface area contributed by atoms with E-state index in [1.165, 1.54) is 0 Å². The molecule has 0 spiro atoms. The number of anilines is 3. The van der Waals surface area contributed by atoms with Crippen LogP contribution in [0.3, 0.4) is 0 Å². The third kappa shape index (κ3) is 4.80. The number of nitrogens with zero attached hydrogens (tertiary/aromatic N) is 4. The Hall–Kier alpha value is -3.92. The normalized spacial score (nSPS) is 11.9. The van der Waals surface area contributed by atoms with Gasteiger partial charge in [0.1, 0.15) is 11.6 Å². The first-order valence-electron chi connectivity index (χ1n) is 10.3. The van der Waals surface area contributed by atoms with Crippen LogP contribution in [0.1, 0.15) is 19.4 Å². The molecule has 2 aromatic heterocycles. The molecule has 0 fully saturated rings. The number of hydrazone groups is 1. The fourth-order valence-electron chi connectivity index (χ4n) is 3.16. The molecule has 4 aromatic rings. The lowest BCUT2D eigenvalue weighted by Gasteiger charge is -2.15. The van der Waals surface area contributed by atoms with E-state index >= 15 is 0 Å². The number of fused-ring (bicyclic) bond motifs is 1. The number of aromatic nitrogens is 3. The maximum absolute atomic E-state index is 12.8. The highest BCUT2D eigenvalue weighted by Gasteiger charge is 2.23. The van der Waals surface area contributed by atoms with E-state index in [1.807, 2.05) is 24.3 Å². The summed E-state index contributed by atoms with van der Waals surface area (Å²) in [6, 6.07) is 17.8. The van der Waals surface area contributed by atoms with Gasteiger partial charge in [0.2, 0.25) is 0 Å². The molecule has 0 atom stereocenters. The van der Waals surface area contributed by atoms with Crippen LogP contribution < -0.4 is 15.5 Å². The van der Waals surface area contributed by atoms with E-state index < -0.39 is 15.1 Å². The van der Waals surface area contributed by atoms with Gasteiger partial charge in [-0.1, -0.05) is 24.3 Å². The molecule has 33 heavy (non-hydrogen) atoms. The van der Waals surface area contributed by atoms with Crippen molar-refractivity contribution in [2.75, 3.05) is 17.9 Å². The summed E-state index contributed by atoms with van der Waals surface area (Å²) in [5, 5.41) is 11.2. The van der Waals surface area contributed by atoms with Crippen molar-refractivity contribution >= 4 is 39.0 Å². The topological polar surface area (TPSA) is 110 Å². The highest BCUT2D eigenvalue weighted by Crippen LogP contribution is 2.28. The molecule has 0 saturated heterocycles. The molecule has 0 bridgehead atoms. The first-order valence-corrected chi connectivity index (χ1v) is 11.8. The van der Waals surface area contributed by atoms with Crippen LogP contribution in [-0.2, 0) is 9.84 Å². The molecule has 4 rings (SSSR count). The minimum absolute atomic E-state index is 0.225. The van der Waals surface area contributed by atoms with E-state index in [0.717, 1.165) is 11.3 Å². The summed E-state index contributed by atoms with van der Waals surface area (Å²) in [6.07, 6.45) is 3.27. The smallest absolute Gasteiger partial charge is 0.182 e. The minimum Gasteiger partial charge on any atom is -0.497 e. The molecule has 0 aliphatic heterocycles. The summed E-state index contributed by atoms with van der Waals surface area (Å²) in [5.74, 6) is 1.74. The average Bonchev–Trinajstić information content (AvgIpc) is 3.28. The Morgan fingerprint density at radius 2 is 1.91 bits per heavy atom. The lowest BCUT2D eigenvalue weighted by atomic mass is 10.2. The van der Waals surface area contributed by atoms with Crippen LogP contribution in [0.2, 0.25) is 0 Å². The van der Waals surface area contributed by atoms with E-state index in [4.69, 9.17) is 4.74 Å². The fourth-order valence-corrected chi connectivity index (χ4v) is 4.37. The third-order valence-corrected chi connectivity index (χ3v) is 7.13. The molecular formula is C23H24N6O3S. The van der Waals surface area contributed by atoms with Crippen LogP contribution in [0.4, 0.5) is 17.3 Å². The van der Waals surface area contributed by atoms with Crippen LogP contribution in [-0.4, -0.2) is 41.6 Å². The van der Waals surface area contributed by atoms with Gasteiger partial charge in [0, 0.05) is 12.1 Å². The monoisotopic (exact) mass is 464 g/mol. The number of sulfone groups is 1. The molecule has 170 valence electrons. The molecule has 0 amide bonds. The molecule has 0 aliphatic rings. The zero-order chi connectivity index (χ0) is 23.4. The first kappa shape index (κ1) is 22.3. The van der Waals surface area contributed by atoms with Crippen LogP contribution in [0.15, 0.2) is 76.9 Å². The van der Waals surface area contributed by atoms with Gasteiger partial charge in [0.15, 0.2) is 21.3 Å². The van der Waals surface area contributed by atoms with Crippen LogP contribution >= 0.6 is 0 Å². The zero-order valence-electron chi connectivity index (χ0n) is 18.4. The maximum Gasteiger partial charge on any atom is 0.182 e. The Balaban J connectivity index is 1.65. The molecule has 0 radical (unpaired) electrons. The third-order valence-electron chi connectivity index (χ3n) is 4.92. The Morgan fingerprint density at radius 1 is 1.09 bits per heavy atom. The van der Waals surface area contributed by atoms with Gasteiger partial charge < -0.3 is 10.1 Å². The second-order valence-corrected chi connectivity index (χ2v) is 9.96. The number of methoxy groups -OCH3 is 1. The number of para-hydroxylation sites is 1. The average molecular weight is 465 g/mol. The molecule has 0 unspecified atom stereocenters. The Labute approximate surface area is 192 Å². The Bertz CT molecular complexity index is 1410. The van der Waals surface area contributed by atoms with E-state index in [9.17, 15) is 8.42 Å². The van der Waals surface area contributed by atoms with Crippen molar-refractivity contribution in [1.29, 1.82) is 0 Å². The van der Waals surface area contributed by atoms with Gasteiger partial charge in [-0.2, -0.15) is 14.7 Å². The van der Waals surface area contributed by atoms with E-state index in [-0.39, 0.29) is 4.90 Å². The summed E-state index contributed by atoms with van der Waals surface area (Å²) in [6.45, 7) is 3.32. The highest BCUT2D eigenvalue weighted by atomic mass is 32.2. The molecule has 10 heteroatoms. The van der Waals surface area contributed by atoms with Crippen molar-refractivity contribution in [2.45, 2.75) is 24.0 Å². The fraction of sp³-hybridized carbons (Fsp3) is 0.174. The molecule has 0 aliphatic carbocycles. The van der Waals surface area contributed by atoms with Gasteiger partial charge in [0.25, 0.3) is 0 Å². The van der Waals surface area contributed by atoms with E-state index in [0.29, 0.717) is 23.0 Å². The zero-order valence-corrected chi connectivity index (χ0v) is 19.2. The highest BCUT2D eigenvalue weighted by molar-refractivity contribution is 7.92. The Kier molecular flexibility index (Phi) is 6.27. The standard InChI is InChI=1S/C23H24N6O3S/c1-16(2)33(30,31)20-10-5-4-9-19(20)26-23-14-21(27-22-11-12-25-29(22)23)28-24-15-17-7-6-8-18(13-17)32-3/h4-16,26H,1-3H3,(H,27,28). The van der Waals surface area contributed by atoms with Gasteiger partial charge in [-0.05, 0) is 43.7 Å². The van der Waals surface area contributed by atoms with Crippen molar-refractivity contribution in [3.05, 3.63) is 72.4 Å². The molecule has 9 nitrogen and oxygen atoms in total. The molecule has 0 saturated carbocycles. The van der Waals surface area contributed by atoms with Crippen molar-refractivity contribution in [3.63, 3.8) is 0 Å². The van der Waals surface area contributed by atoms with Gasteiger partial charge in [0.05, 0.1) is 35.4 Å². The minimum atomic E-state index is -3.49. The number of hydrogen-bond acceptors (Lipinski definition) is 8. The van der Waals surface area contributed by atoms with Crippen molar-refractivity contribution in [1.82, 2.24) is 14.6 Å². The summed E-state index contributed by atoms with van der Waals surface area (Å²) in [5.41, 5.74) is 4.81. The van der Waals surface area contributed by atoms with E-state index in [2.05, 4.69) is 25.9 Å². The van der Waals surface area contributed by atoms with Crippen LogP contribution in [0, 0.1) is 0 Å². The van der Waals surface area contributed by atoms with Crippen LogP contribution in [0.5, 0.6) is 5.75 Å². The summed E-state index contributed by atoms with van der Waals surface area (Å²) < 4.78 is 32.5. The molecular weight excluding hydrogens is 440 g/mol. The largest absolute Gasteiger partial charge is 0.497 e. The summed E-state index contributed by atoms with van der Waals surface area (Å²) >= 11 is 0. The second-order valence-electron chi connectivity index (χ2n) is 7.49. The van der Waals surface area contributed by atoms with Crippen molar-refractivity contribution in [2.24, 2.45) is 5.10 Å². The lowest BCUT2D eigenvalue weighted by molar-refractivity contribution is 0.415. The van der Waals surface area contributed by atoms with E-state index in [1.54, 1.807) is 74.3 Å². The number of ether oxygens (including phenoxy) is 1.